The molecule has 1 amide bonds. The summed E-state index contributed by atoms with van der Waals surface area (Å²) in [5.74, 6) is 0.0755. The van der Waals surface area contributed by atoms with E-state index in [-0.39, 0.29) is 17.4 Å². The van der Waals surface area contributed by atoms with Gasteiger partial charge in [0.15, 0.2) is 0 Å². The molecule has 1 saturated heterocycles. The first kappa shape index (κ1) is 22.4. The molecule has 0 bridgehead atoms. The van der Waals surface area contributed by atoms with Crippen molar-refractivity contribution in [3.05, 3.63) is 0 Å². The minimum atomic E-state index is -0.353. The Kier molecular flexibility index (Phi) is 9.39. The molecule has 5 nitrogen and oxygen atoms in total. The van der Waals surface area contributed by atoms with E-state index in [4.69, 9.17) is 9.47 Å². The molecule has 0 aromatic carbocycles. The molecule has 1 rings (SSSR count). The van der Waals surface area contributed by atoms with Crippen molar-refractivity contribution in [3.8, 4) is 0 Å². The van der Waals surface area contributed by atoms with Crippen LogP contribution in [0.3, 0.4) is 0 Å². The number of morpholine rings is 1. The van der Waals surface area contributed by atoms with Gasteiger partial charge in [-0.3, -0.25) is 9.69 Å². The third-order valence-electron chi connectivity index (χ3n) is 5.05. The fourth-order valence-electron chi connectivity index (χ4n) is 2.70. The second-order valence-corrected chi connectivity index (χ2v) is 8.99. The first-order chi connectivity index (χ1) is 11.6. The molecule has 1 fully saturated rings. The van der Waals surface area contributed by atoms with Gasteiger partial charge in [0, 0.05) is 38.2 Å². The van der Waals surface area contributed by atoms with E-state index in [2.05, 4.69) is 31.0 Å². The van der Waals surface area contributed by atoms with Crippen LogP contribution in [0.25, 0.3) is 0 Å². The van der Waals surface area contributed by atoms with Gasteiger partial charge in [-0.1, -0.05) is 48.0 Å². The van der Waals surface area contributed by atoms with Crippen LogP contribution in [0.2, 0.25) is 0 Å². The SMILES string of the molecule is CCC(C)(C)CCCOCCN1CCO[C@H](CNC(=O)C(C)(C)C)C1. The highest BCUT2D eigenvalue weighted by atomic mass is 16.5. The van der Waals surface area contributed by atoms with Crippen molar-refractivity contribution >= 4 is 5.91 Å². The lowest BCUT2D eigenvalue weighted by atomic mass is 9.85. The predicted octanol–water partition coefficient (Wildman–Crippen LogP) is 3.08. The van der Waals surface area contributed by atoms with E-state index in [1.165, 1.54) is 12.8 Å². The molecule has 1 N–H and O–H groups in total. The first-order valence-electron chi connectivity index (χ1n) is 9.84. The summed E-state index contributed by atoms with van der Waals surface area (Å²) in [6.07, 6.45) is 3.64. The minimum absolute atomic E-state index is 0.0744. The van der Waals surface area contributed by atoms with E-state index in [1.54, 1.807) is 0 Å². The van der Waals surface area contributed by atoms with Crippen LogP contribution < -0.4 is 5.32 Å². The quantitative estimate of drug-likeness (QED) is 0.611. The Morgan fingerprint density at radius 1 is 1.24 bits per heavy atom. The molecule has 25 heavy (non-hydrogen) atoms. The number of rotatable bonds is 10. The normalized spacial score (nSPS) is 19.8. The van der Waals surface area contributed by atoms with Gasteiger partial charge in [0.25, 0.3) is 0 Å². The fraction of sp³-hybridized carbons (Fsp3) is 0.950. The van der Waals surface area contributed by atoms with Gasteiger partial charge in [0.1, 0.15) is 0 Å². The summed E-state index contributed by atoms with van der Waals surface area (Å²) < 4.78 is 11.6. The maximum Gasteiger partial charge on any atom is 0.225 e. The molecule has 1 atom stereocenters. The van der Waals surface area contributed by atoms with E-state index in [0.29, 0.717) is 12.0 Å². The van der Waals surface area contributed by atoms with E-state index < -0.39 is 0 Å². The van der Waals surface area contributed by atoms with Crippen molar-refractivity contribution in [1.29, 1.82) is 0 Å². The summed E-state index contributed by atoms with van der Waals surface area (Å²) in [5, 5.41) is 2.99. The lowest BCUT2D eigenvalue weighted by Gasteiger charge is -2.33. The highest BCUT2D eigenvalue weighted by Gasteiger charge is 2.24. The zero-order valence-electron chi connectivity index (χ0n) is 17.3. The number of nitrogens with one attached hydrogen (secondary N) is 1. The van der Waals surface area contributed by atoms with Crippen molar-refractivity contribution in [1.82, 2.24) is 10.2 Å². The molecular formula is C20H40N2O3. The fourth-order valence-corrected chi connectivity index (χ4v) is 2.70. The zero-order valence-corrected chi connectivity index (χ0v) is 17.3. The Morgan fingerprint density at radius 2 is 1.96 bits per heavy atom. The Hall–Kier alpha value is -0.650. The summed E-state index contributed by atoms with van der Waals surface area (Å²) in [7, 11) is 0. The molecule has 0 spiro atoms. The van der Waals surface area contributed by atoms with E-state index in [9.17, 15) is 4.79 Å². The van der Waals surface area contributed by atoms with Crippen LogP contribution in [0.15, 0.2) is 0 Å². The van der Waals surface area contributed by atoms with Crippen molar-refractivity contribution in [3.63, 3.8) is 0 Å². The molecule has 0 unspecified atom stereocenters. The molecule has 0 aliphatic carbocycles. The van der Waals surface area contributed by atoms with Crippen LogP contribution in [0, 0.1) is 10.8 Å². The van der Waals surface area contributed by atoms with Crippen molar-refractivity contribution in [2.24, 2.45) is 10.8 Å². The van der Waals surface area contributed by atoms with Crippen LogP contribution in [0.1, 0.15) is 60.8 Å². The molecule has 148 valence electrons. The van der Waals surface area contributed by atoms with Gasteiger partial charge >= 0.3 is 0 Å². The molecule has 5 heteroatoms. The number of hydrogen-bond donors (Lipinski definition) is 1. The first-order valence-corrected chi connectivity index (χ1v) is 9.84. The van der Waals surface area contributed by atoms with Gasteiger partial charge in [-0.05, 0) is 18.3 Å². The third kappa shape index (κ3) is 9.57. The Morgan fingerprint density at radius 3 is 2.60 bits per heavy atom. The monoisotopic (exact) mass is 356 g/mol. The smallest absolute Gasteiger partial charge is 0.225 e. The van der Waals surface area contributed by atoms with Gasteiger partial charge < -0.3 is 14.8 Å². The van der Waals surface area contributed by atoms with Crippen molar-refractivity contribution in [2.45, 2.75) is 66.9 Å². The predicted molar refractivity (Wildman–Crippen MR) is 103 cm³/mol. The van der Waals surface area contributed by atoms with Gasteiger partial charge in [0.2, 0.25) is 5.91 Å². The maximum absolute atomic E-state index is 12.0. The standard InChI is InChI=1S/C20H40N2O3/c1-7-20(5,6)9-8-12-24-13-10-22-11-14-25-17(16-22)15-21-18(23)19(2,3)4/h17H,7-16H2,1-6H3,(H,21,23)/t17-/m1/s1. The van der Waals surface area contributed by atoms with Crippen LogP contribution >= 0.6 is 0 Å². The number of hydrogen-bond acceptors (Lipinski definition) is 4. The average molecular weight is 357 g/mol. The lowest BCUT2D eigenvalue weighted by Crippen LogP contribution is -2.49. The molecular weight excluding hydrogens is 316 g/mol. The third-order valence-corrected chi connectivity index (χ3v) is 5.05. The second-order valence-electron chi connectivity index (χ2n) is 8.99. The topological polar surface area (TPSA) is 50.8 Å². The summed E-state index contributed by atoms with van der Waals surface area (Å²) in [4.78, 5) is 14.3. The van der Waals surface area contributed by atoms with Crippen molar-refractivity contribution < 1.29 is 14.3 Å². The average Bonchev–Trinajstić information content (AvgIpc) is 2.55. The number of carbonyl (C=O) groups is 1. The van der Waals surface area contributed by atoms with E-state index in [1.807, 2.05) is 20.8 Å². The number of nitrogens with zero attached hydrogens (tertiary/aromatic N) is 1. The van der Waals surface area contributed by atoms with E-state index in [0.717, 1.165) is 45.9 Å². The molecule has 1 aliphatic rings. The van der Waals surface area contributed by atoms with Crippen LogP contribution in [0.4, 0.5) is 0 Å². The van der Waals surface area contributed by atoms with Crippen molar-refractivity contribution in [2.75, 3.05) is 46.0 Å². The van der Waals surface area contributed by atoms with Gasteiger partial charge in [-0.25, -0.2) is 0 Å². The molecule has 0 aromatic rings. The molecule has 0 aromatic heterocycles. The largest absolute Gasteiger partial charge is 0.380 e. The van der Waals surface area contributed by atoms with Gasteiger partial charge in [0.05, 0.1) is 19.3 Å². The van der Waals surface area contributed by atoms with Crippen LogP contribution in [0.5, 0.6) is 0 Å². The van der Waals surface area contributed by atoms with Crippen LogP contribution in [-0.4, -0.2) is 62.9 Å². The summed E-state index contributed by atoms with van der Waals surface area (Å²) >= 11 is 0. The van der Waals surface area contributed by atoms with Gasteiger partial charge in [-0.15, -0.1) is 0 Å². The zero-order chi connectivity index (χ0) is 18.9. The molecule has 0 radical (unpaired) electrons. The van der Waals surface area contributed by atoms with E-state index >= 15 is 0 Å². The molecule has 1 heterocycles. The molecule has 1 aliphatic heterocycles. The summed E-state index contributed by atoms with van der Waals surface area (Å²) in [6, 6.07) is 0. The summed E-state index contributed by atoms with van der Waals surface area (Å²) in [5.41, 5.74) is 0.0762. The second kappa shape index (κ2) is 10.5. The highest BCUT2D eigenvalue weighted by Crippen LogP contribution is 2.25. The Bertz CT molecular complexity index is 391. The van der Waals surface area contributed by atoms with Crippen LogP contribution in [-0.2, 0) is 14.3 Å². The number of ether oxygens (including phenoxy) is 2. The summed E-state index contributed by atoms with van der Waals surface area (Å²) in [6.45, 7) is 18.3. The maximum atomic E-state index is 12.0. The number of amides is 1. The van der Waals surface area contributed by atoms with Gasteiger partial charge in [-0.2, -0.15) is 0 Å². The minimum Gasteiger partial charge on any atom is -0.380 e. The Balaban J connectivity index is 2.14. The molecule has 0 saturated carbocycles. The highest BCUT2D eigenvalue weighted by molar-refractivity contribution is 5.81. The lowest BCUT2D eigenvalue weighted by molar-refractivity contribution is -0.129. The Labute approximate surface area is 154 Å². The number of carbonyl (C=O) groups excluding carboxylic acids is 1.